The topological polar surface area (TPSA) is 94.8 Å². The van der Waals surface area contributed by atoms with Gasteiger partial charge in [-0.1, -0.05) is 29.8 Å². The van der Waals surface area contributed by atoms with E-state index in [9.17, 15) is 4.79 Å². The van der Waals surface area contributed by atoms with Crippen molar-refractivity contribution in [3.8, 4) is 23.0 Å². The molecule has 0 fully saturated rings. The van der Waals surface area contributed by atoms with E-state index >= 15 is 0 Å². The Morgan fingerprint density at radius 3 is 2.53 bits per heavy atom. The molecule has 0 spiro atoms. The zero-order valence-electron chi connectivity index (χ0n) is 18.0. The van der Waals surface area contributed by atoms with Crippen LogP contribution in [-0.4, -0.2) is 38.0 Å². The molecule has 1 N–H and O–H groups in total. The maximum atomic E-state index is 12.6. The smallest absolute Gasteiger partial charge is 0.272 e. The van der Waals surface area contributed by atoms with Gasteiger partial charge in [0.1, 0.15) is 11.6 Å². The lowest BCUT2D eigenvalue weighted by Crippen LogP contribution is -2.25. The second-order valence-corrected chi connectivity index (χ2v) is 7.85. The molecular formula is C24H22N6O2. The molecule has 0 saturated heterocycles. The van der Waals surface area contributed by atoms with Crippen LogP contribution < -0.4 is 10.1 Å². The molecule has 0 unspecified atom stereocenters. The molecule has 2 aromatic carbocycles. The van der Waals surface area contributed by atoms with Crippen LogP contribution in [0.15, 0.2) is 54.7 Å². The van der Waals surface area contributed by atoms with Crippen LogP contribution in [-0.2, 0) is 4.79 Å². The Hall–Kier alpha value is -4.07. The monoisotopic (exact) mass is 426 g/mol. The van der Waals surface area contributed by atoms with E-state index in [1.807, 2.05) is 38.1 Å². The van der Waals surface area contributed by atoms with Crippen molar-refractivity contribution in [3.05, 3.63) is 77.1 Å². The molecule has 3 heterocycles. The SMILES string of the molecule is COc1ccc(-c2cnnc(-n3nc(C)c4c3NC(=O)C[C@H]4c3ccc(C)cc3)n2)cc1. The fraction of sp³-hybridized carbons (Fsp3) is 0.208. The van der Waals surface area contributed by atoms with Gasteiger partial charge in [-0.3, -0.25) is 4.79 Å². The zero-order valence-corrected chi connectivity index (χ0v) is 18.0. The van der Waals surface area contributed by atoms with Gasteiger partial charge in [-0.2, -0.15) is 14.9 Å². The van der Waals surface area contributed by atoms with Crippen molar-refractivity contribution >= 4 is 11.7 Å². The minimum atomic E-state index is -0.0779. The molecule has 1 aliphatic rings. The van der Waals surface area contributed by atoms with Crippen molar-refractivity contribution < 1.29 is 9.53 Å². The first-order chi connectivity index (χ1) is 15.5. The highest BCUT2D eigenvalue weighted by Gasteiger charge is 2.33. The Labute approximate surface area is 185 Å². The average Bonchev–Trinajstić information content (AvgIpc) is 3.15. The van der Waals surface area contributed by atoms with Gasteiger partial charge in [0.15, 0.2) is 0 Å². The van der Waals surface area contributed by atoms with Gasteiger partial charge < -0.3 is 10.1 Å². The second kappa shape index (κ2) is 7.88. The number of ether oxygens (including phenoxy) is 1. The summed E-state index contributed by atoms with van der Waals surface area (Å²) in [7, 11) is 1.63. The van der Waals surface area contributed by atoms with E-state index in [0.717, 1.165) is 28.1 Å². The van der Waals surface area contributed by atoms with E-state index in [0.29, 0.717) is 23.9 Å². The van der Waals surface area contributed by atoms with Crippen LogP contribution in [0.25, 0.3) is 17.2 Å². The third-order valence-corrected chi connectivity index (χ3v) is 5.71. The van der Waals surface area contributed by atoms with Crippen molar-refractivity contribution in [2.24, 2.45) is 0 Å². The molecule has 1 atom stereocenters. The van der Waals surface area contributed by atoms with E-state index in [-0.39, 0.29) is 11.8 Å². The lowest BCUT2D eigenvalue weighted by Gasteiger charge is -2.24. The molecule has 1 amide bonds. The Bertz CT molecular complexity index is 1300. The third kappa shape index (κ3) is 3.49. The average molecular weight is 426 g/mol. The molecule has 160 valence electrons. The molecule has 0 bridgehead atoms. The van der Waals surface area contributed by atoms with E-state index in [1.165, 1.54) is 5.56 Å². The van der Waals surface area contributed by atoms with Crippen molar-refractivity contribution in [2.45, 2.75) is 26.2 Å². The van der Waals surface area contributed by atoms with Gasteiger partial charge in [0.05, 0.1) is 24.7 Å². The lowest BCUT2D eigenvalue weighted by molar-refractivity contribution is -0.116. The number of fused-ring (bicyclic) bond motifs is 1. The number of benzene rings is 2. The molecule has 0 radical (unpaired) electrons. The maximum Gasteiger partial charge on any atom is 0.272 e. The number of rotatable bonds is 4. The van der Waals surface area contributed by atoms with E-state index in [4.69, 9.17) is 4.74 Å². The molecule has 4 aromatic rings. The first kappa shape index (κ1) is 19.9. The quantitative estimate of drug-likeness (QED) is 0.533. The summed E-state index contributed by atoms with van der Waals surface area (Å²) in [6, 6.07) is 15.8. The van der Waals surface area contributed by atoms with Gasteiger partial charge in [-0.05, 0) is 43.7 Å². The van der Waals surface area contributed by atoms with Gasteiger partial charge >= 0.3 is 0 Å². The van der Waals surface area contributed by atoms with Crippen LogP contribution in [0.3, 0.4) is 0 Å². The van der Waals surface area contributed by atoms with Crippen LogP contribution in [0.1, 0.15) is 34.7 Å². The second-order valence-electron chi connectivity index (χ2n) is 7.85. The van der Waals surface area contributed by atoms with Crippen LogP contribution in [0.5, 0.6) is 5.75 Å². The standard InChI is InChI=1S/C24H22N6O2/c1-14-4-6-16(7-5-14)19-12-21(31)27-23-22(19)15(2)29-30(23)24-26-20(13-25-28-24)17-8-10-18(32-3)11-9-17/h4-11,13,19H,12H2,1-3H3,(H,27,31)/t19-/m0/s1. The van der Waals surface area contributed by atoms with Crippen LogP contribution in [0.4, 0.5) is 5.82 Å². The lowest BCUT2D eigenvalue weighted by atomic mass is 9.85. The van der Waals surface area contributed by atoms with Crippen molar-refractivity contribution in [2.75, 3.05) is 12.4 Å². The summed E-state index contributed by atoms with van der Waals surface area (Å²) in [6.07, 6.45) is 1.97. The number of aryl methyl sites for hydroxylation is 2. The van der Waals surface area contributed by atoms with Crippen LogP contribution >= 0.6 is 0 Å². The number of hydrogen-bond donors (Lipinski definition) is 1. The number of methoxy groups -OCH3 is 1. The van der Waals surface area contributed by atoms with Gasteiger partial charge in [0.2, 0.25) is 5.91 Å². The first-order valence-corrected chi connectivity index (χ1v) is 10.3. The molecular weight excluding hydrogens is 404 g/mol. The van der Waals surface area contributed by atoms with Gasteiger partial charge in [0, 0.05) is 23.5 Å². The minimum Gasteiger partial charge on any atom is -0.497 e. The normalized spacial score (nSPS) is 15.2. The fourth-order valence-corrected chi connectivity index (χ4v) is 4.06. The van der Waals surface area contributed by atoms with Gasteiger partial charge in [0.25, 0.3) is 5.95 Å². The van der Waals surface area contributed by atoms with Crippen molar-refractivity contribution in [1.82, 2.24) is 25.0 Å². The van der Waals surface area contributed by atoms with Gasteiger partial charge in [-0.15, -0.1) is 5.10 Å². The van der Waals surface area contributed by atoms with Crippen LogP contribution in [0.2, 0.25) is 0 Å². The maximum absolute atomic E-state index is 12.6. The third-order valence-electron chi connectivity index (χ3n) is 5.71. The van der Waals surface area contributed by atoms with Crippen molar-refractivity contribution in [3.63, 3.8) is 0 Å². The highest BCUT2D eigenvalue weighted by Crippen LogP contribution is 2.40. The summed E-state index contributed by atoms with van der Waals surface area (Å²) in [5, 5.41) is 16.0. The Morgan fingerprint density at radius 2 is 1.81 bits per heavy atom. The highest BCUT2D eigenvalue weighted by atomic mass is 16.5. The number of nitrogens with zero attached hydrogens (tertiary/aromatic N) is 5. The molecule has 5 rings (SSSR count). The van der Waals surface area contributed by atoms with Crippen molar-refractivity contribution in [1.29, 1.82) is 0 Å². The van der Waals surface area contributed by atoms with Crippen LogP contribution in [0, 0.1) is 13.8 Å². The summed E-state index contributed by atoms with van der Waals surface area (Å²) in [5.74, 6) is 1.51. The largest absolute Gasteiger partial charge is 0.497 e. The summed E-state index contributed by atoms with van der Waals surface area (Å²) < 4.78 is 6.80. The number of amides is 1. The molecule has 2 aromatic heterocycles. The van der Waals surface area contributed by atoms with E-state index in [1.54, 1.807) is 18.0 Å². The zero-order chi connectivity index (χ0) is 22.2. The Kier molecular flexibility index (Phi) is 4.89. The number of hydrogen-bond acceptors (Lipinski definition) is 6. The predicted octanol–water partition coefficient (Wildman–Crippen LogP) is 3.82. The van der Waals surface area contributed by atoms with E-state index < -0.39 is 0 Å². The molecule has 0 aliphatic carbocycles. The molecule has 0 saturated carbocycles. The summed E-state index contributed by atoms with van der Waals surface area (Å²) in [5.41, 5.74) is 5.59. The summed E-state index contributed by atoms with van der Waals surface area (Å²) in [6.45, 7) is 3.99. The molecule has 32 heavy (non-hydrogen) atoms. The highest BCUT2D eigenvalue weighted by molar-refractivity contribution is 5.95. The van der Waals surface area contributed by atoms with Gasteiger partial charge in [-0.25, -0.2) is 4.98 Å². The number of anilines is 1. The fourth-order valence-electron chi connectivity index (χ4n) is 4.06. The minimum absolute atomic E-state index is 0.0662. The molecule has 1 aliphatic heterocycles. The molecule has 8 heteroatoms. The number of carbonyl (C=O) groups excluding carboxylic acids is 1. The predicted molar refractivity (Wildman–Crippen MR) is 120 cm³/mol. The Balaban J connectivity index is 1.58. The Morgan fingerprint density at radius 1 is 1.06 bits per heavy atom. The number of carbonyl (C=O) groups is 1. The molecule has 8 nitrogen and oxygen atoms in total. The number of aromatic nitrogens is 5. The summed E-state index contributed by atoms with van der Waals surface area (Å²) >= 11 is 0. The first-order valence-electron chi connectivity index (χ1n) is 10.3. The summed E-state index contributed by atoms with van der Waals surface area (Å²) in [4.78, 5) is 17.3. The number of nitrogens with one attached hydrogen (secondary N) is 1. The van der Waals surface area contributed by atoms with E-state index in [2.05, 4.69) is 49.9 Å².